The van der Waals surface area contributed by atoms with Crippen molar-refractivity contribution in [2.75, 3.05) is 42.9 Å². The molecule has 0 radical (unpaired) electrons. The lowest BCUT2D eigenvalue weighted by Gasteiger charge is -2.56. The van der Waals surface area contributed by atoms with Gasteiger partial charge in [0.2, 0.25) is 5.95 Å². The Labute approximate surface area is 189 Å². The van der Waals surface area contributed by atoms with E-state index < -0.39 is 0 Å². The summed E-state index contributed by atoms with van der Waals surface area (Å²) in [5, 5.41) is 6.78. The summed E-state index contributed by atoms with van der Waals surface area (Å²) in [6.45, 7) is 12.8. The second-order valence-electron chi connectivity index (χ2n) is 9.96. The van der Waals surface area contributed by atoms with Crippen LogP contribution in [0.3, 0.4) is 0 Å². The molecule has 0 saturated carbocycles. The first-order chi connectivity index (χ1) is 15.4. The number of likely N-dealkylation sites (tertiary alicyclic amines) is 1. The van der Waals surface area contributed by atoms with E-state index in [9.17, 15) is 4.79 Å². The van der Waals surface area contributed by atoms with Gasteiger partial charge in [0.1, 0.15) is 12.4 Å². The molecule has 2 aromatic rings. The number of rotatable bonds is 7. The number of hydrogen-bond acceptors (Lipinski definition) is 7. The molecule has 2 fully saturated rings. The van der Waals surface area contributed by atoms with Crippen LogP contribution in [0.25, 0.3) is 0 Å². The van der Waals surface area contributed by atoms with Crippen LogP contribution in [0.2, 0.25) is 0 Å². The van der Waals surface area contributed by atoms with Crippen LogP contribution in [-0.4, -0.2) is 53.7 Å². The second kappa shape index (κ2) is 8.33. The zero-order valence-electron chi connectivity index (χ0n) is 19.1. The van der Waals surface area contributed by atoms with Crippen molar-refractivity contribution in [3.05, 3.63) is 47.2 Å². The van der Waals surface area contributed by atoms with E-state index in [1.807, 2.05) is 0 Å². The number of carbonyl (C=O) groups is 1. The molecule has 1 spiro atoms. The highest BCUT2D eigenvalue weighted by Gasteiger charge is 2.47. The van der Waals surface area contributed by atoms with Crippen molar-refractivity contribution < 1.29 is 9.53 Å². The summed E-state index contributed by atoms with van der Waals surface area (Å²) < 4.78 is 5.26. The number of aromatic nitrogens is 2. The SMILES string of the molecule is CC(C)CN1C(=O)OCc2cnc(NC(C)c3ccc(CN4CC5(CNC5)C4)cc3)nc21. The molecule has 1 unspecified atom stereocenters. The molecule has 3 aliphatic heterocycles. The summed E-state index contributed by atoms with van der Waals surface area (Å²) in [6.07, 6.45) is 1.40. The molecule has 4 heterocycles. The maximum absolute atomic E-state index is 12.3. The molecule has 2 saturated heterocycles. The molecule has 5 rings (SSSR count). The minimum atomic E-state index is -0.346. The third-order valence-electron chi connectivity index (χ3n) is 6.57. The number of hydrogen-bond donors (Lipinski definition) is 2. The monoisotopic (exact) mass is 436 g/mol. The molecule has 170 valence electrons. The molecule has 1 atom stereocenters. The number of benzene rings is 1. The topological polar surface area (TPSA) is 82.6 Å². The second-order valence-corrected chi connectivity index (χ2v) is 9.96. The first-order valence-corrected chi connectivity index (χ1v) is 11.5. The first kappa shape index (κ1) is 21.2. The highest BCUT2D eigenvalue weighted by Crippen LogP contribution is 2.35. The smallest absolute Gasteiger partial charge is 0.415 e. The predicted octanol–water partition coefficient (Wildman–Crippen LogP) is 3.17. The number of nitrogens with one attached hydrogen (secondary N) is 2. The quantitative estimate of drug-likeness (QED) is 0.690. The molecule has 1 aromatic heterocycles. The molecule has 8 nitrogen and oxygen atoms in total. The van der Waals surface area contributed by atoms with Crippen LogP contribution in [0, 0.1) is 11.3 Å². The number of ether oxygens (including phenoxy) is 1. The van der Waals surface area contributed by atoms with Gasteiger partial charge in [0.15, 0.2) is 0 Å². The van der Waals surface area contributed by atoms with Gasteiger partial charge in [-0.15, -0.1) is 0 Å². The van der Waals surface area contributed by atoms with E-state index in [0.717, 1.165) is 12.1 Å². The average Bonchev–Trinajstić information content (AvgIpc) is 2.71. The first-order valence-electron chi connectivity index (χ1n) is 11.5. The Hall–Kier alpha value is -2.71. The molecular weight excluding hydrogens is 404 g/mol. The Kier molecular flexibility index (Phi) is 5.51. The summed E-state index contributed by atoms with van der Waals surface area (Å²) in [7, 11) is 0. The van der Waals surface area contributed by atoms with Gasteiger partial charge in [-0.25, -0.2) is 9.78 Å². The minimum Gasteiger partial charge on any atom is -0.444 e. The van der Waals surface area contributed by atoms with Gasteiger partial charge in [0.25, 0.3) is 0 Å². The van der Waals surface area contributed by atoms with Gasteiger partial charge in [-0.1, -0.05) is 38.1 Å². The molecule has 2 N–H and O–H groups in total. The van der Waals surface area contributed by atoms with Crippen molar-refractivity contribution >= 4 is 17.9 Å². The fraction of sp³-hybridized carbons (Fsp3) is 0.542. The number of fused-ring (bicyclic) bond motifs is 1. The largest absolute Gasteiger partial charge is 0.444 e. The van der Waals surface area contributed by atoms with E-state index in [0.29, 0.717) is 29.6 Å². The molecular formula is C24H32N6O2. The zero-order chi connectivity index (χ0) is 22.3. The van der Waals surface area contributed by atoms with Gasteiger partial charge in [-0.05, 0) is 24.0 Å². The van der Waals surface area contributed by atoms with E-state index in [1.54, 1.807) is 11.1 Å². The summed E-state index contributed by atoms with van der Waals surface area (Å²) in [4.78, 5) is 25.5. The van der Waals surface area contributed by atoms with Crippen molar-refractivity contribution in [3.63, 3.8) is 0 Å². The van der Waals surface area contributed by atoms with Crippen LogP contribution in [0.15, 0.2) is 30.5 Å². The van der Waals surface area contributed by atoms with Gasteiger partial charge in [-0.3, -0.25) is 9.80 Å². The number of carbonyl (C=O) groups excluding carboxylic acids is 1. The lowest BCUT2D eigenvalue weighted by Crippen LogP contribution is -2.70. The third kappa shape index (κ3) is 4.17. The van der Waals surface area contributed by atoms with Crippen LogP contribution in [-0.2, 0) is 17.9 Å². The third-order valence-corrected chi connectivity index (χ3v) is 6.57. The van der Waals surface area contributed by atoms with E-state index in [1.165, 1.54) is 37.3 Å². The fourth-order valence-electron chi connectivity index (χ4n) is 4.80. The van der Waals surface area contributed by atoms with E-state index >= 15 is 0 Å². The van der Waals surface area contributed by atoms with Crippen molar-refractivity contribution in [1.82, 2.24) is 20.2 Å². The van der Waals surface area contributed by atoms with Crippen molar-refractivity contribution in [2.24, 2.45) is 11.3 Å². The normalized spacial score (nSPS) is 20.4. The highest BCUT2D eigenvalue weighted by atomic mass is 16.6. The lowest BCUT2D eigenvalue weighted by atomic mass is 9.74. The van der Waals surface area contributed by atoms with Crippen LogP contribution >= 0.6 is 0 Å². The van der Waals surface area contributed by atoms with Crippen LogP contribution in [0.4, 0.5) is 16.6 Å². The summed E-state index contributed by atoms with van der Waals surface area (Å²) >= 11 is 0. The Morgan fingerprint density at radius 2 is 1.94 bits per heavy atom. The molecule has 1 aromatic carbocycles. The Bertz CT molecular complexity index is 980. The fourth-order valence-corrected chi connectivity index (χ4v) is 4.80. The standard InChI is InChI=1S/C24H32N6O2/c1-16(2)9-30-21-20(11-32-23(30)31)8-26-22(28-21)27-17(3)19-6-4-18(5-7-19)10-29-14-24(15-29)12-25-13-24/h4-8,16-17,25H,9-15H2,1-3H3,(H,26,27,28). The lowest BCUT2D eigenvalue weighted by molar-refractivity contribution is -0.0444. The van der Waals surface area contributed by atoms with E-state index in [2.05, 4.69) is 70.5 Å². The van der Waals surface area contributed by atoms with Crippen LogP contribution < -0.4 is 15.5 Å². The van der Waals surface area contributed by atoms with Crippen molar-refractivity contribution in [1.29, 1.82) is 0 Å². The minimum absolute atomic E-state index is 0.0459. The summed E-state index contributed by atoms with van der Waals surface area (Å²) in [5.41, 5.74) is 3.92. The molecule has 1 amide bonds. The molecule has 0 aliphatic carbocycles. The number of anilines is 2. The van der Waals surface area contributed by atoms with Gasteiger partial charge in [0, 0.05) is 50.9 Å². The highest BCUT2D eigenvalue weighted by molar-refractivity contribution is 5.89. The zero-order valence-corrected chi connectivity index (χ0v) is 19.1. The number of amides is 1. The summed E-state index contributed by atoms with van der Waals surface area (Å²) in [5.74, 6) is 1.47. The van der Waals surface area contributed by atoms with Crippen molar-refractivity contribution in [2.45, 2.75) is 40.0 Å². The molecule has 32 heavy (non-hydrogen) atoms. The van der Waals surface area contributed by atoms with Gasteiger partial charge in [-0.2, -0.15) is 4.98 Å². The van der Waals surface area contributed by atoms with Gasteiger partial charge >= 0.3 is 6.09 Å². The average molecular weight is 437 g/mol. The maximum atomic E-state index is 12.3. The van der Waals surface area contributed by atoms with Gasteiger partial charge < -0.3 is 15.4 Å². The molecule has 8 heteroatoms. The van der Waals surface area contributed by atoms with Crippen LogP contribution in [0.1, 0.15) is 43.5 Å². The molecule has 3 aliphatic rings. The number of nitrogens with zero attached hydrogens (tertiary/aromatic N) is 4. The van der Waals surface area contributed by atoms with E-state index in [4.69, 9.17) is 4.74 Å². The van der Waals surface area contributed by atoms with Gasteiger partial charge in [0.05, 0.1) is 11.6 Å². The Balaban J connectivity index is 1.22. The van der Waals surface area contributed by atoms with Crippen LogP contribution in [0.5, 0.6) is 0 Å². The predicted molar refractivity (Wildman–Crippen MR) is 123 cm³/mol. The van der Waals surface area contributed by atoms with Crippen molar-refractivity contribution in [3.8, 4) is 0 Å². The maximum Gasteiger partial charge on any atom is 0.415 e. The Morgan fingerprint density at radius 3 is 2.59 bits per heavy atom. The van der Waals surface area contributed by atoms with E-state index in [-0.39, 0.29) is 18.7 Å². The summed E-state index contributed by atoms with van der Waals surface area (Å²) in [6, 6.07) is 8.82. The Morgan fingerprint density at radius 1 is 1.19 bits per heavy atom. The number of cyclic esters (lactones) is 1. The molecule has 0 bridgehead atoms.